The summed E-state index contributed by atoms with van der Waals surface area (Å²) >= 11 is 0. The Balaban J connectivity index is 0.903. The smallest absolute Gasteiger partial charge is 0.00134 e. The fourth-order valence-electron chi connectivity index (χ4n) is 15.3. The topological polar surface area (TPSA) is 0 Å². The maximum Gasteiger partial charge on any atom is -0.00134 e. The van der Waals surface area contributed by atoms with Crippen molar-refractivity contribution in [3.8, 4) is 134 Å². The Kier molecular flexibility index (Phi) is 14.7. The van der Waals surface area contributed by atoms with Gasteiger partial charge in [-0.05, 0) is 212 Å². The van der Waals surface area contributed by atoms with Gasteiger partial charge in [0.25, 0.3) is 0 Å². The molecule has 98 heavy (non-hydrogen) atoms. The molecule has 0 aromatic heterocycles. The van der Waals surface area contributed by atoms with E-state index in [9.17, 15) is 0 Å². The first-order valence-electron chi connectivity index (χ1n) is 33.9. The molecule has 18 rings (SSSR count). The van der Waals surface area contributed by atoms with Gasteiger partial charge in [-0.25, -0.2) is 0 Å². The van der Waals surface area contributed by atoms with Gasteiger partial charge in [0.2, 0.25) is 0 Å². The average Bonchev–Trinajstić information content (AvgIpc) is 0.701. The van der Waals surface area contributed by atoms with Crippen molar-refractivity contribution >= 4 is 53.9 Å². The van der Waals surface area contributed by atoms with Gasteiger partial charge in [-0.3, -0.25) is 0 Å². The summed E-state index contributed by atoms with van der Waals surface area (Å²) < 4.78 is 0. The predicted molar refractivity (Wildman–Crippen MR) is 419 cm³/mol. The summed E-state index contributed by atoms with van der Waals surface area (Å²) in [6, 6.07) is 144. The zero-order valence-corrected chi connectivity index (χ0v) is 54.0. The molecule has 456 valence electrons. The molecule has 0 fully saturated rings. The summed E-state index contributed by atoms with van der Waals surface area (Å²) in [4.78, 5) is 0. The second-order valence-corrected chi connectivity index (χ2v) is 25.7. The molecule has 0 nitrogen and oxygen atoms in total. The molecule has 0 heterocycles. The van der Waals surface area contributed by atoms with E-state index >= 15 is 0 Å². The van der Waals surface area contributed by atoms with E-state index in [2.05, 4.69) is 388 Å². The van der Waals surface area contributed by atoms with Crippen LogP contribution in [0.4, 0.5) is 0 Å². The van der Waals surface area contributed by atoms with E-state index in [0.717, 1.165) is 0 Å². The van der Waals surface area contributed by atoms with E-state index in [1.807, 2.05) is 0 Å². The van der Waals surface area contributed by atoms with Crippen molar-refractivity contribution < 1.29 is 0 Å². The highest BCUT2D eigenvalue weighted by Gasteiger charge is 2.22. The van der Waals surface area contributed by atoms with Crippen molar-refractivity contribution in [3.05, 3.63) is 388 Å². The fraction of sp³-hybridized carbons (Fsp3) is 0. The van der Waals surface area contributed by atoms with Crippen LogP contribution in [0.3, 0.4) is 0 Å². The minimum atomic E-state index is 1.17. The quantitative estimate of drug-likeness (QED) is 0.107. The van der Waals surface area contributed by atoms with Crippen LogP contribution in [0.1, 0.15) is 0 Å². The lowest BCUT2D eigenvalue weighted by molar-refractivity contribution is 1.57. The summed E-state index contributed by atoms with van der Waals surface area (Å²) in [6.07, 6.45) is 0. The van der Waals surface area contributed by atoms with Gasteiger partial charge in [-0.15, -0.1) is 0 Å². The third-order valence-corrected chi connectivity index (χ3v) is 20.2. The first kappa shape index (κ1) is 57.9. The lowest BCUT2D eigenvalue weighted by Crippen LogP contribution is -1.93. The molecule has 0 atom stereocenters. The van der Waals surface area contributed by atoms with Crippen LogP contribution in [-0.4, -0.2) is 0 Å². The van der Waals surface area contributed by atoms with Crippen molar-refractivity contribution in [2.24, 2.45) is 0 Å². The van der Waals surface area contributed by atoms with Crippen LogP contribution in [0, 0.1) is 0 Å². The number of rotatable bonds is 12. The average molecular weight is 1240 g/mol. The molecule has 0 amide bonds. The van der Waals surface area contributed by atoms with Crippen LogP contribution >= 0.6 is 0 Å². The molecule has 0 unspecified atom stereocenters. The van der Waals surface area contributed by atoms with E-state index in [1.54, 1.807) is 0 Å². The Morgan fingerprint density at radius 1 is 0.0918 bits per heavy atom. The van der Waals surface area contributed by atoms with Gasteiger partial charge in [0, 0.05) is 0 Å². The summed E-state index contributed by atoms with van der Waals surface area (Å²) in [7, 11) is 0. The summed E-state index contributed by atoms with van der Waals surface area (Å²) in [5, 5.41) is 12.2. The monoisotopic (exact) mass is 1240 g/mol. The van der Waals surface area contributed by atoms with Gasteiger partial charge >= 0.3 is 0 Å². The Labute approximate surface area is 572 Å². The highest BCUT2D eigenvalue weighted by Crippen LogP contribution is 2.50. The molecule has 0 bridgehead atoms. The molecule has 0 N–H and O–H groups in total. The fourth-order valence-corrected chi connectivity index (χ4v) is 15.3. The zero-order valence-electron chi connectivity index (χ0n) is 54.0. The standard InChI is InChI=1S/C98H64/c1-5-21-65(22-6-1)69-37-45-73(46-38-69)81-29-13-17-33-85(81)77-53-57-89-90-58-54-79(87-35-19-15-31-83(87)75-49-41-71(42-50-75)67-25-9-3-10-26-67)63-95(90)98-96-64-80(88-36-20-16-32-84(88)76-51-43-72(44-52-76)68-27-11-4-12-28-68)56-60-92(96)91-59-55-78(62-94(91)97(98)93(89)61-77)86-34-18-14-30-82(86)74-47-39-70(40-48-74)66-23-7-2-8-24-66/h1-64H. The van der Waals surface area contributed by atoms with Crippen LogP contribution in [0.5, 0.6) is 0 Å². The van der Waals surface area contributed by atoms with Gasteiger partial charge in [0.05, 0.1) is 0 Å². The molecule has 0 heteroatoms. The molecular weight excluding hydrogens is 1180 g/mol. The van der Waals surface area contributed by atoms with Crippen LogP contribution in [0.2, 0.25) is 0 Å². The van der Waals surface area contributed by atoms with Crippen LogP contribution < -0.4 is 0 Å². The molecule has 0 spiro atoms. The number of hydrogen-bond donors (Lipinski definition) is 0. The van der Waals surface area contributed by atoms with E-state index in [0.29, 0.717) is 0 Å². The summed E-state index contributed by atoms with van der Waals surface area (Å²) in [5.41, 5.74) is 28.5. The van der Waals surface area contributed by atoms with Crippen LogP contribution in [0.25, 0.3) is 187 Å². The number of fused-ring (bicyclic) bond motifs is 11. The normalized spacial score (nSPS) is 11.5. The maximum atomic E-state index is 2.51. The lowest BCUT2D eigenvalue weighted by Gasteiger charge is -2.20. The van der Waals surface area contributed by atoms with Gasteiger partial charge in [-0.2, -0.15) is 0 Å². The van der Waals surface area contributed by atoms with E-state index in [4.69, 9.17) is 0 Å². The largest absolute Gasteiger partial charge is 0.0622 e. The molecule has 0 aliphatic rings. The predicted octanol–water partition coefficient (Wildman–Crippen LogP) is 27.5. The van der Waals surface area contributed by atoms with Crippen molar-refractivity contribution in [1.29, 1.82) is 0 Å². The minimum absolute atomic E-state index is 1.17. The van der Waals surface area contributed by atoms with E-state index < -0.39 is 0 Å². The summed E-state index contributed by atoms with van der Waals surface area (Å²) in [5.74, 6) is 0. The second-order valence-electron chi connectivity index (χ2n) is 25.7. The van der Waals surface area contributed by atoms with Crippen molar-refractivity contribution in [3.63, 3.8) is 0 Å². The van der Waals surface area contributed by atoms with Crippen molar-refractivity contribution in [2.75, 3.05) is 0 Å². The Morgan fingerprint density at radius 3 is 0.429 bits per heavy atom. The molecule has 0 aliphatic carbocycles. The highest BCUT2D eigenvalue weighted by molar-refractivity contribution is 6.40. The van der Waals surface area contributed by atoms with E-state index in [1.165, 1.54) is 187 Å². The molecule has 0 saturated heterocycles. The lowest BCUT2D eigenvalue weighted by atomic mass is 9.83. The molecule has 18 aromatic carbocycles. The van der Waals surface area contributed by atoms with Crippen molar-refractivity contribution in [1.82, 2.24) is 0 Å². The minimum Gasteiger partial charge on any atom is -0.0622 e. The Hall–Kier alpha value is -12.7. The first-order chi connectivity index (χ1) is 48.6. The molecule has 0 aliphatic heterocycles. The first-order valence-corrected chi connectivity index (χ1v) is 33.9. The molecular formula is C98H64. The molecule has 0 saturated carbocycles. The Bertz CT molecular complexity index is 5270. The maximum absolute atomic E-state index is 2.51. The molecule has 0 radical (unpaired) electrons. The van der Waals surface area contributed by atoms with Gasteiger partial charge in [0.15, 0.2) is 0 Å². The van der Waals surface area contributed by atoms with Gasteiger partial charge < -0.3 is 0 Å². The van der Waals surface area contributed by atoms with E-state index in [-0.39, 0.29) is 0 Å². The second kappa shape index (κ2) is 24.9. The number of hydrogen-bond acceptors (Lipinski definition) is 0. The van der Waals surface area contributed by atoms with Crippen LogP contribution in [0.15, 0.2) is 388 Å². The van der Waals surface area contributed by atoms with Gasteiger partial charge in [-0.1, -0.05) is 364 Å². The van der Waals surface area contributed by atoms with Crippen LogP contribution in [-0.2, 0) is 0 Å². The van der Waals surface area contributed by atoms with Crippen molar-refractivity contribution in [2.45, 2.75) is 0 Å². The Morgan fingerprint density at radius 2 is 0.235 bits per heavy atom. The molecule has 18 aromatic rings. The third-order valence-electron chi connectivity index (χ3n) is 20.2. The zero-order chi connectivity index (χ0) is 64.9. The highest BCUT2D eigenvalue weighted by atomic mass is 14.3. The van der Waals surface area contributed by atoms with Gasteiger partial charge in [0.1, 0.15) is 0 Å². The number of benzene rings is 18. The summed E-state index contributed by atoms with van der Waals surface area (Å²) in [6.45, 7) is 0. The third kappa shape index (κ3) is 10.5. The SMILES string of the molecule is c1ccc(-c2ccc(-c3ccccc3-c3ccc4c5ccc(-c6ccccc6-c6ccc(-c7ccccc7)cc6)cc5c5c6cc(-c7ccccc7-c7ccc(-c8ccccc8)cc7)ccc6c6ccc(-c7ccccc7-c7ccc(-c8ccccc8)cc7)cc6c5c4c3)cc2)cc1.